The van der Waals surface area contributed by atoms with E-state index in [9.17, 15) is 18.0 Å². The van der Waals surface area contributed by atoms with Crippen LogP contribution < -0.4 is 4.90 Å². The number of halogens is 3. The third-order valence-corrected chi connectivity index (χ3v) is 5.51. The van der Waals surface area contributed by atoms with Crippen molar-refractivity contribution in [3.05, 3.63) is 94.3 Å². The van der Waals surface area contributed by atoms with Crippen LogP contribution in [0.25, 0.3) is 0 Å². The summed E-state index contributed by atoms with van der Waals surface area (Å²) in [7, 11) is 0. The number of hydrogen-bond acceptors (Lipinski definition) is 5. The number of ketones is 1. The zero-order chi connectivity index (χ0) is 24.0. The summed E-state index contributed by atoms with van der Waals surface area (Å²) in [5, 5.41) is 0. The molecule has 0 atom stereocenters. The van der Waals surface area contributed by atoms with Gasteiger partial charge in [-0.15, -0.1) is 0 Å². The zero-order valence-electron chi connectivity index (χ0n) is 17.9. The smallest absolute Gasteiger partial charge is 0.367 e. The van der Waals surface area contributed by atoms with Crippen molar-refractivity contribution in [2.75, 3.05) is 11.4 Å². The fraction of sp³-hybridized carbons (Fsp3) is 0.240. The maximum Gasteiger partial charge on any atom is 0.416 e. The van der Waals surface area contributed by atoms with Gasteiger partial charge in [0.05, 0.1) is 5.56 Å². The van der Waals surface area contributed by atoms with Gasteiger partial charge in [-0.2, -0.15) is 22.8 Å². The van der Waals surface area contributed by atoms with E-state index in [2.05, 4.69) is 16.8 Å². The fourth-order valence-corrected chi connectivity index (χ4v) is 3.92. The van der Waals surface area contributed by atoms with Crippen molar-refractivity contribution in [1.82, 2.24) is 4.98 Å². The number of alkyl halides is 3. The number of carbonyl (C=O) groups excluding carboxylic acids is 3. The lowest BCUT2D eigenvalue weighted by Gasteiger charge is -2.31. The molecule has 1 aliphatic rings. The van der Waals surface area contributed by atoms with Crippen molar-refractivity contribution in [2.45, 2.75) is 32.5 Å². The van der Waals surface area contributed by atoms with E-state index in [1.54, 1.807) is 12.1 Å². The van der Waals surface area contributed by atoms with Crippen LogP contribution in [0.4, 0.5) is 18.9 Å². The van der Waals surface area contributed by atoms with Gasteiger partial charge in [-0.3, -0.25) is 9.78 Å². The van der Waals surface area contributed by atoms with Crippen LogP contribution in [0.5, 0.6) is 0 Å². The molecule has 0 saturated carbocycles. The predicted molar refractivity (Wildman–Crippen MR) is 115 cm³/mol. The zero-order valence-corrected chi connectivity index (χ0v) is 17.9. The van der Waals surface area contributed by atoms with Gasteiger partial charge in [-0.25, -0.2) is 0 Å². The highest BCUT2D eigenvalue weighted by atomic mass is 19.4. The molecule has 0 N–H and O–H groups in total. The SMILES string of the molecule is Cc1cncc2c1CCN(c1cccc(C(=O)Cc3cccc(C(F)(F)F)c3)c1)C2.O=C=O. The molecule has 0 aliphatic carbocycles. The van der Waals surface area contributed by atoms with Crippen molar-refractivity contribution in [3.63, 3.8) is 0 Å². The Morgan fingerprint density at radius 2 is 1.82 bits per heavy atom. The highest BCUT2D eigenvalue weighted by Crippen LogP contribution is 2.30. The minimum absolute atomic E-state index is 0.0701. The molecule has 8 heteroatoms. The lowest BCUT2D eigenvalue weighted by Crippen LogP contribution is -2.31. The molecule has 0 fully saturated rings. The van der Waals surface area contributed by atoms with Crippen LogP contribution >= 0.6 is 0 Å². The number of anilines is 1. The normalized spacial score (nSPS) is 12.8. The summed E-state index contributed by atoms with van der Waals surface area (Å²) in [5.41, 5.74) is 4.75. The van der Waals surface area contributed by atoms with Gasteiger partial charge < -0.3 is 4.90 Å². The number of aromatic nitrogens is 1. The van der Waals surface area contributed by atoms with Crippen LogP contribution in [0.2, 0.25) is 0 Å². The molecule has 0 radical (unpaired) electrons. The molecule has 170 valence electrons. The third-order valence-electron chi connectivity index (χ3n) is 5.51. The number of carbonyl (C=O) groups is 1. The molecule has 1 aliphatic heterocycles. The lowest BCUT2D eigenvalue weighted by atomic mass is 9.97. The highest BCUT2D eigenvalue weighted by molar-refractivity contribution is 5.98. The van der Waals surface area contributed by atoms with Gasteiger partial charge in [0.25, 0.3) is 0 Å². The molecule has 1 aromatic heterocycles. The Kier molecular flexibility index (Phi) is 7.41. The Hall–Kier alpha value is -3.77. The van der Waals surface area contributed by atoms with Crippen molar-refractivity contribution in [1.29, 1.82) is 0 Å². The lowest BCUT2D eigenvalue weighted by molar-refractivity contribution is -0.191. The van der Waals surface area contributed by atoms with Gasteiger partial charge in [0.1, 0.15) is 0 Å². The first kappa shape index (κ1) is 23.9. The molecule has 33 heavy (non-hydrogen) atoms. The van der Waals surface area contributed by atoms with E-state index in [0.717, 1.165) is 37.3 Å². The average molecular weight is 454 g/mol. The summed E-state index contributed by atoms with van der Waals surface area (Å²) < 4.78 is 38.8. The number of benzene rings is 2. The average Bonchev–Trinajstić information content (AvgIpc) is 2.79. The number of rotatable bonds is 4. The summed E-state index contributed by atoms with van der Waals surface area (Å²) in [4.78, 5) is 35.5. The standard InChI is InChI=1S/C24H21F3N2O.CO2/c1-16-13-28-14-19-15-29(9-8-22(16)19)21-7-3-5-18(12-21)23(30)11-17-4-2-6-20(10-17)24(25,26)27;2-1-3/h2-7,10,12-14H,8-9,11,15H2,1H3;. The molecule has 3 aromatic rings. The Balaban J connectivity index is 0.000000968. The second-order valence-electron chi connectivity index (χ2n) is 7.70. The Morgan fingerprint density at radius 1 is 1.09 bits per heavy atom. The van der Waals surface area contributed by atoms with Crippen molar-refractivity contribution in [2.24, 2.45) is 0 Å². The highest BCUT2D eigenvalue weighted by Gasteiger charge is 2.30. The largest absolute Gasteiger partial charge is 0.416 e. The molecule has 0 amide bonds. The molecule has 2 aromatic carbocycles. The Morgan fingerprint density at radius 3 is 2.55 bits per heavy atom. The molecular formula is C25H21F3N2O3. The summed E-state index contributed by atoms with van der Waals surface area (Å²) in [5.74, 6) is -0.203. The molecule has 4 rings (SSSR count). The summed E-state index contributed by atoms with van der Waals surface area (Å²) in [6, 6.07) is 12.2. The summed E-state index contributed by atoms with van der Waals surface area (Å²) in [6.45, 7) is 3.62. The van der Waals surface area contributed by atoms with Gasteiger partial charge in [0.15, 0.2) is 5.78 Å². The van der Waals surface area contributed by atoms with Gasteiger partial charge >= 0.3 is 12.3 Å². The predicted octanol–water partition coefficient (Wildman–Crippen LogP) is 4.81. The van der Waals surface area contributed by atoms with Crippen LogP contribution in [0.3, 0.4) is 0 Å². The van der Waals surface area contributed by atoms with Crippen molar-refractivity contribution >= 4 is 17.6 Å². The fourth-order valence-electron chi connectivity index (χ4n) is 3.92. The van der Waals surface area contributed by atoms with E-state index >= 15 is 0 Å². The molecular weight excluding hydrogens is 433 g/mol. The molecule has 5 nitrogen and oxygen atoms in total. The first-order chi connectivity index (χ1) is 15.7. The van der Waals surface area contributed by atoms with Crippen molar-refractivity contribution in [3.8, 4) is 0 Å². The summed E-state index contributed by atoms with van der Waals surface area (Å²) >= 11 is 0. The van der Waals surface area contributed by atoms with E-state index in [4.69, 9.17) is 9.59 Å². The molecule has 0 saturated heterocycles. The molecule has 2 heterocycles. The maximum atomic E-state index is 12.9. The van der Waals surface area contributed by atoms with E-state index < -0.39 is 11.7 Å². The molecule has 0 bridgehead atoms. The van der Waals surface area contributed by atoms with Gasteiger partial charge in [-0.1, -0.05) is 30.3 Å². The van der Waals surface area contributed by atoms with E-state index in [-0.39, 0.29) is 18.4 Å². The third kappa shape index (κ3) is 5.93. The molecule has 0 spiro atoms. The topological polar surface area (TPSA) is 67.3 Å². The molecule has 0 unspecified atom stereocenters. The monoisotopic (exact) mass is 454 g/mol. The van der Waals surface area contributed by atoms with Crippen LogP contribution in [0.1, 0.15) is 38.2 Å². The van der Waals surface area contributed by atoms with Gasteiger partial charge in [0, 0.05) is 43.2 Å². The second-order valence-corrected chi connectivity index (χ2v) is 7.70. The van der Waals surface area contributed by atoms with Crippen LogP contribution in [0.15, 0.2) is 60.9 Å². The number of aryl methyl sites for hydroxylation is 1. The first-order valence-electron chi connectivity index (χ1n) is 10.2. The number of Topliss-reactive ketones (excluding diaryl/α,β-unsaturated/α-hetero) is 1. The number of nitrogens with zero attached hydrogens (tertiary/aromatic N) is 2. The van der Waals surface area contributed by atoms with Crippen LogP contribution in [-0.2, 0) is 35.2 Å². The minimum atomic E-state index is -4.42. The Labute approximate surface area is 188 Å². The summed E-state index contributed by atoms with van der Waals surface area (Å²) in [6.07, 6.45) is 0.431. The number of fused-ring (bicyclic) bond motifs is 1. The van der Waals surface area contributed by atoms with Gasteiger partial charge in [-0.05, 0) is 53.8 Å². The van der Waals surface area contributed by atoms with Crippen molar-refractivity contribution < 1.29 is 27.6 Å². The van der Waals surface area contributed by atoms with E-state index in [1.807, 2.05) is 30.6 Å². The van der Waals surface area contributed by atoms with E-state index in [1.165, 1.54) is 22.8 Å². The maximum absolute atomic E-state index is 12.9. The first-order valence-corrected chi connectivity index (χ1v) is 10.2. The number of hydrogen-bond donors (Lipinski definition) is 0. The quantitative estimate of drug-likeness (QED) is 0.529. The Bertz CT molecular complexity index is 1190. The van der Waals surface area contributed by atoms with E-state index in [0.29, 0.717) is 11.1 Å². The minimum Gasteiger partial charge on any atom is -0.367 e. The van der Waals surface area contributed by atoms with Crippen LogP contribution in [-0.4, -0.2) is 23.5 Å². The second kappa shape index (κ2) is 10.2. The number of pyridine rings is 1. The van der Waals surface area contributed by atoms with Crippen LogP contribution in [0, 0.1) is 6.92 Å². The van der Waals surface area contributed by atoms with Gasteiger partial charge in [0.2, 0.25) is 0 Å².